The molecule has 1 aromatic carbocycles. The van der Waals surface area contributed by atoms with Crippen LogP contribution in [0.5, 0.6) is 0 Å². The van der Waals surface area contributed by atoms with Crippen LogP contribution >= 0.6 is 0 Å². The Labute approximate surface area is 107 Å². The number of nitrogens with zero attached hydrogens (tertiary/aromatic N) is 1. The van der Waals surface area contributed by atoms with Crippen LogP contribution in [-0.4, -0.2) is 24.1 Å². The van der Waals surface area contributed by atoms with Crippen LogP contribution in [0.4, 0.5) is 4.39 Å². The second-order valence-electron chi connectivity index (χ2n) is 4.17. The summed E-state index contributed by atoms with van der Waals surface area (Å²) in [4.78, 5) is 0. The molecule has 100 valence electrons. The van der Waals surface area contributed by atoms with E-state index in [4.69, 9.17) is 10.9 Å². The van der Waals surface area contributed by atoms with Gasteiger partial charge in [0.1, 0.15) is 11.7 Å². The van der Waals surface area contributed by atoms with Crippen molar-refractivity contribution in [2.45, 2.75) is 25.7 Å². The van der Waals surface area contributed by atoms with Crippen LogP contribution in [0, 0.1) is 5.82 Å². The minimum Gasteiger partial charge on any atom is -0.409 e. The molecule has 18 heavy (non-hydrogen) atoms. The third-order valence-electron chi connectivity index (χ3n) is 2.67. The van der Waals surface area contributed by atoms with Crippen molar-refractivity contribution in [1.82, 2.24) is 5.32 Å². The Hall–Kier alpha value is -1.62. The summed E-state index contributed by atoms with van der Waals surface area (Å²) in [5, 5.41) is 14.6. The Balaban J connectivity index is 2.00. The van der Waals surface area contributed by atoms with Gasteiger partial charge in [0.15, 0.2) is 0 Å². The van der Waals surface area contributed by atoms with Crippen LogP contribution in [0.3, 0.4) is 0 Å². The van der Waals surface area contributed by atoms with E-state index in [1.54, 1.807) is 12.1 Å². The van der Waals surface area contributed by atoms with Crippen molar-refractivity contribution in [1.29, 1.82) is 0 Å². The fourth-order valence-corrected chi connectivity index (χ4v) is 1.61. The Morgan fingerprint density at radius 2 is 1.94 bits per heavy atom. The first-order valence-electron chi connectivity index (χ1n) is 6.14. The zero-order valence-electron chi connectivity index (χ0n) is 10.4. The molecule has 0 aliphatic carbocycles. The van der Waals surface area contributed by atoms with Gasteiger partial charge < -0.3 is 16.3 Å². The van der Waals surface area contributed by atoms with Gasteiger partial charge in [0.2, 0.25) is 0 Å². The maximum Gasteiger partial charge on any atom is 0.139 e. The van der Waals surface area contributed by atoms with E-state index in [1.165, 1.54) is 12.1 Å². The number of hydrogen-bond donors (Lipinski definition) is 3. The molecule has 0 heterocycles. The number of rotatable bonds is 8. The molecule has 0 aliphatic rings. The molecule has 1 rings (SSSR count). The highest BCUT2D eigenvalue weighted by atomic mass is 19.1. The molecule has 4 N–H and O–H groups in total. The summed E-state index contributed by atoms with van der Waals surface area (Å²) in [6.07, 6.45) is 3.40. The van der Waals surface area contributed by atoms with Gasteiger partial charge in [-0.05, 0) is 50.0 Å². The second kappa shape index (κ2) is 8.47. The predicted octanol–water partition coefficient (Wildman–Crippen LogP) is 1.87. The topological polar surface area (TPSA) is 70.6 Å². The normalized spacial score (nSPS) is 11.7. The van der Waals surface area contributed by atoms with E-state index >= 15 is 0 Å². The Morgan fingerprint density at radius 3 is 2.61 bits per heavy atom. The number of halogens is 1. The van der Waals surface area contributed by atoms with Crippen LogP contribution in [-0.2, 0) is 6.42 Å². The Morgan fingerprint density at radius 1 is 1.22 bits per heavy atom. The second-order valence-corrected chi connectivity index (χ2v) is 4.17. The van der Waals surface area contributed by atoms with Gasteiger partial charge in [-0.2, -0.15) is 0 Å². The summed E-state index contributed by atoms with van der Waals surface area (Å²) in [7, 11) is 0. The standard InChI is InChI=1S/C13H20FN3O/c14-12-6-4-11(5-7-12)8-10-16-9-2-1-3-13(15)17-18/h4-7,16,18H,1-3,8-10H2,(H2,15,17). The van der Waals surface area contributed by atoms with Gasteiger partial charge in [-0.15, -0.1) is 0 Å². The molecule has 0 saturated carbocycles. The number of nitrogens with one attached hydrogen (secondary N) is 1. The van der Waals surface area contributed by atoms with E-state index < -0.39 is 0 Å². The van der Waals surface area contributed by atoms with Crippen molar-refractivity contribution in [3.05, 3.63) is 35.6 Å². The lowest BCUT2D eigenvalue weighted by molar-refractivity contribution is 0.316. The molecule has 4 nitrogen and oxygen atoms in total. The molecule has 0 spiro atoms. The van der Waals surface area contributed by atoms with Crippen molar-refractivity contribution in [3.63, 3.8) is 0 Å². The molecule has 1 aromatic rings. The SMILES string of the molecule is NC(CCCCNCCc1ccc(F)cc1)=NO. The maximum absolute atomic E-state index is 12.7. The number of oxime groups is 1. The number of benzene rings is 1. The molecule has 0 aromatic heterocycles. The summed E-state index contributed by atoms with van der Waals surface area (Å²) in [5.74, 6) is 0.0798. The first-order valence-corrected chi connectivity index (χ1v) is 6.14. The quantitative estimate of drug-likeness (QED) is 0.218. The first-order chi connectivity index (χ1) is 8.72. The van der Waals surface area contributed by atoms with Gasteiger partial charge in [-0.25, -0.2) is 4.39 Å². The first kappa shape index (κ1) is 14.4. The van der Waals surface area contributed by atoms with Crippen molar-refractivity contribution >= 4 is 5.84 Å². The number of unbranched alkanes of at least 4 members (excludes halogenated alkanes) is 1. The van der Waals surface area contributed by atoms with Crippen LogP contribution in [0.1, 0.15) is 24.8 Å². The molecule has 5 heteroatoms. The van der Waals surface area contributed by atoms with Crippen LogP contribution in [0.15, 0.2) is 29.4 Å². The maximum atomic E-state index is 12.7. The minimum atomic E-state index is -0.199. The average Bonchev–Trinajstić information content (AvgIpc) is 2.39. The summed E-state index contributed by atoms with van der Waals surface area (Å²) >= 11 is 0. The van der Waals surface area contributed by atoms with Crippen molar-refractivity contribution in [2.24, 2.45) is 10.9 Å². The van der Waals surface area contributed by atoms with Gasteiger partial charge >= 0.3 is 0 Å². The lowest BCUT2D eigenvalue weighted by Crippen LogP contribution is -2.19. The third kappa shape index (κ3) is 6.20. The molecule has 0 aliphatic heterocycles. The van der Waals surface area contributed by atoms with Gasteiger partial charge in [-0.1, -0.05) is 17.3 Å². The van der Waals surface area contributed by atoms with Gasteiger partial charge in [0, 0.05) is 6.42 Å². The largest absolute Gasteiger partial charge is 0.409 e. The molecule has 0 fully saturated rings. The monoisotopic (exact) mass is 253 g/mol. The smallest absolute Gasteiger partial charge is 0.139 e. The summed E-state index contributed by atoms with van der Waals surface area (Å²) in [5.41, 5.74) is 6.48. The number of amidine groups is 1. The number of hydrogen-bond acceptors (Lipinski definition) is 3. The van der Waals surface area contributed by atoms with E-state index in [1.807, 2.05) is 0 Å². The Bertz CT molecular complexity index is 365. The lowest BCUT2D eigenvalue weighted by Gasteiger charge is -2.04. The molecule has 0 unspecified atom stereocenters. The molecule has 0 atom stereocenters. The van der Waals surface area contributed by atoms with E-state index in [0.29, 0.717) is 6.42 Å². The van der Waals surface area contributed by atoms with Gasteiger partial charge in [-0.3, -0.25) is 0 Å². The van der Waals surface area contributed by atoms with E-state index in [2.05, 4.69) is 10.5 Å². The molecule has 0 saturated heterocycles. The molecular weight excluding hydrogens is 233 g/mol. The molecule has 0 amide bonds. The highest BCUT2D eigenvalue weighted by Gasteiger charge is 1.95. The summed E-state index contributed by atoms with van der Waals surface area (Å²) in [6.45, 7) is 1.77. The third-order valence-corrected chi connectivity index (χ3v) is 2.67. The predicted molar refractivity (Wildman–Crippen MR) is 70.2 cm³/mol. The highest BCUT2D eigenvalue weighted by Crippen LogP contribution is 2.02. The van der Waals surface area contributed by atoms with Gasteiger partial charge in [0.05, 0.1) is 0 Å². The summed E-state index contributed by atoms with van der Waals surface area (Å²) < 4.78 is 12.7. The molecule has 0 bridgehead atoms. The van der Waals surface area contributed by atoms with E-state index in [9.17, 15) is 4.39 Å². The lowest BCUT2D eigenvalue weighted by atomic mass is 10.1. The average molecular weight is 253 g/mol. The number of nitrogens with two attached hydrogens (primary N) is 1. The zero-order valence-corrected chi connectivity index (χ0v) is 10.4. The van der Waals surface area contributed by atoms with Crippen LogP contribution < -0.4 is 11.1 Å². The van der Waals surface area contributed by atoms with Crippen LogP contribution in [0.2, 0.25) is 0 Å². The van der Waals surface area contributed by atoms with E-state index in [-0.39, 0.29) is 11.7 Å². The molecule has 0 radical (unpaired) electrons. The highest BCUT2D eigenvalue weighted by molar-refractivity contribution is 5.79. The van der Waals surface area contributed by atoms with Crippen molar-refractivity contribution in [2.75, 3.05) is 13.1 Å². The zero-order chi connectivity index (χ0) is 13.2. The van der Waals surface area contributed by atoms with Crippen molar-refractivity contribution < 1.29 is 9.60 Å². The fourth-order valence-electron chi connectivity index (χ4n) is 1.61. The fraction of sp³-hybridized carbons (Fsp3) is 0.462. The van der Waals surface area contributed by atoms with Crippen LogP contribution in [0.25, 0.3) is 0 Å². The minimum absolute atomic E-state index is 0.199. The summed E-state index contributed by atoms with van der Waals surface area (Å²) in [6, 6.07) is 6.56. The van der Waals surface area contributed by atoms with Crippen molar-refractivity contribution in [3.8, 4) is 0 Å². The Kier molecular flexibility index (Phi) is 6.79. The van der Waals surface area contributed by atoms with Gasteiger partial charge in [0.25, 0.3) is 0 Å². The van der Waals surface area contributed by atoms with E-state index in [0.717, 1.165) is 37.9 Å². The molecular formula is C13H20FN3O.